The highest BCUT2D eigenvalue weighted by molar-refractivity contribution is 5.09. The molecule has 6 nitrogen and oxygen atoms in total. The van der Waals surface area contributed by atoms with E-state index in [9.17, 15) is 0 Å². The molecule has 98 valence electrons. The van der Waals surface area contributed by atoms with Crippen LogP contribution in [0.25, 0.3) is 0 Å². The number of rotatable bonds is 9. The first-order chi connectivity index (χ1) is 8.31. The minimum atomic E-state index is 0.0813. The van der Waals surface area contributed by atoms with Crippen molar-refractivity contribution < 1.29 is 9.47 Å². The Morgan fingerprint density at radius 2 is 2.29 bits per heavy atom. The number of nitrogens with zero attached hydrogens (tertiary/aromatic N) is 2. The molecular formula is C11H22N4O2. The third-order valence-corrected chi connectivity index (χ3v) is 2.56. The van der Waals surface area contributed by atoms with E-state index in [2.05, 4.69) is 17.4 Å². The zero-order valence-corrected chi connectivity index (χ0v) is 10.6. The second-order valence-electron chi connectivity index (χ2n) is 3.74. The average molecular weight is 242 g/mol. The molecule has 0 radical (unpaired) electrons. The molecule has 1 rings (SSSR count). The number of ether oxygens (including phenoxy) is 2. The fourth-order valence-corrected chi connectivity index (χ4v) is 1.52. The Bertz CT molecular complexity index is 303. The predicted molar refractivity (Wildman–Crippen MR) is 65.3 cm³/mol. The van der Waals surface area contributed by atoms with Crippen molar-refractivity contribution in [3.63, 3.8) is 0 Å². The van der Waals surface area contributed by atoms with Gasteiger partial charge in [-0.05, 0) is 13.3 Å². The zero-order valence-electron chi connectivity index (χ0n) is 10.6. The van der Waals surface area contributed by atoms with E-state index < -0.39 is 0 Å². The van der Waals surface area contributed by atoms with Crippen LogP contribution in [0.15, 0.2) is 12.4 Å². The van der Waals surface area contributed by atoms with Crippen LogP contribution in [0.3, 0.4) is 0 Å². The summed E-state index contributed by atoms with van der Waals surface area (Å²) in [6.45, 7) is 4.79. The Kier molecular flexibility index (Phi) is 6.80. The van der Waals surface area contributed by atoms with Gasteiger partial charge in [0.1, 0.15) is 0 Å². The molecule has 0 amide bonds. The fraction of sp³-hybridized carbons (Fsp3) is 0.727. The number of nitrogens with one attached hydrogen (secondary N) is 1. The molecule has 0 saturated carbocycles. The summed E-state index contributed by atoms with van der Waals surface area (Å²) in [5.41, 5.74) is 3.87. The SMILES string of the molecule is CCn1cc(C(CCOCCOC)NN)cn1. The Labute approximate surface area is 102 Å². The van der Waals surface area contributed by atoms with Gasteiger partial charge in [-0.2, -0.15) is 5.10 Å². The molecule has 0 saturated heterocycles. The lowest BCUT2D eigenvalue weighted by atomic mass is 10.1. The van der Waals surface area contributed by atoms with E-state index in [0.717, 1.165) is 18.5 Å². The molecule has 1 aromatic rings. The van der Waals surface area contributed by atoms with Gasteiger partial charge in [0.2, 0.25) is 0 Å². The van der Waals surface area contributed by atoms with Gasteiger partial charge in [-0.25, -0.2) is 0 Å². The largest absolute Gasteiger partial charge is 0.382 e. The van der Waals surface area contributed by atoms with E-state index in [1.54, 1.807) is 7.11 Å². The van der Waals surface area contributed by atoms with Gasteiger partial charge in [0.15, 0.2) is 0 Å². The number of aromatic nitrogens is 2. The van der Waals surface area contributed by atoms with Crippen molar-refractivity contribution in [3.8, 4) is 0 Å². The molecule has 17 heavy (non-hydrogen) atoms. The number of aryl methyl sites for hydroxylation is 1. The second kappa shape index (κ2) is 8.19. The molecule has 1 aromatic heterocycles. The van der Waals surface area contributed by atoms with Crippen LogP contribution < -0.4 is 11.3 Å². The van der Waals surface area contributed by atoms with E-state index in [4.69, 9.17) is 15.3 Å². The maximum absolute atomic E-state index is 5.53. The van der Waals surface area contributed by atoms with Crippen molar-refractivity contribution in [1.82, 2.24) is 15.2 Å². The third kappa shape index (κ3) is 4.82. The standard InChI is InChI=1S/C11H22N4O2/c1-3-15-9-10(8-13-15)11(14-12)4-5-17-7-6-16-2/h8-9,11,14H,3-7,12H2,1-2H3. The summed E-state index contributed by atoms with van der Waals surface area (Å²) in [4.78, 5) is 0. The minimum absolute atomic E-state index is 0.0813. The summed E-state index contributed by atoms with van der Waals surface area (Å²) >= 11 is 0. The zero-order chi connectivity index (χ0) is 12.5. The van der Waals surface area contributed by atoms with Crippen LogP contribution in [0, 0.1) is 0 Å². The minimum Gasteiger partial charge on any atom is -0.382 e. The van der Waals surface area contributed by atoms with Crippen molar-refractivity contribution in [2.24, 2.45) is 5.84 Å². The summed E-state index contributed by atoms with van der Waals surface area (Å²) in [6, 6.07) is 0.0813. The molecule has 0 bridgehead atoms. The van der Waals surface area contributed by atoms with Gasteiger partial charge in [0.05, 0.1) is 25.5 Å². The molecule has 0 aliphatic heterocycles. The molecule has 1 unspecified atom stereocenters. The van der Waals surface area contributed by atoms with Crippen molar-refractivity contribution in [2.75, 3.05) is 26.9 Å². The quantitative estimate of drug-likeness (QED) is 0.374. The summed E-state index contributed by atoms with van der Waals surface area (Å²) in [5, 5.41) is 4.22. The summed E-state index contributed by atoms with van der Waals surface area (Å²) in [6.07, 6.45) is 4.65. The van der Waals surface area contributed by atoms with Gasteiger partial charge in [-0.15, -0.1) is 0 Å². The van der Waals surface area contributed by atoms with Crippen LogP contribution in [-0.2, 0) is 16.0 Å². The van der Waals surface area contributed by atoms with Gasteiger partial charge < -0.3 is 9.47 Å². The van der Waals surface area contributed by atoms with Gasteiger partial charge in [-0.3, -0.25) is 16.0 Å². The number of methoxy groups -OCH3 is 1. The van der Waals surface area contributed by atoms with Gasteiger partial charge in [-0.1, -0.05) is 0 Å². The molecule has 1 heterocycles. The van der Waals surface area contributed by atoms with Crippen molar-refractivity contribution >= 4 is 0 Å². The third-order valence-electron chi connectivity index (χ3n) is 2.56. The van der Waals surface area contributed by atoms with E-state index in [-0.39, 0.29) is 6.04 Å². The fourth-order valence-electron chi connectivity index (χ4n) is 1.52. The summed E-state index contributed by atoms with van der Waals surface area (Å²) in [5.74, 6) is 5.53. The Morgan fingerprint density at radius 3 is 2.88 bits per heavy atom. The molecule has 0 fully saturated rings. The molecule has 3 N–H and O–H groups in total. The molecule has 0 aliphatic rings. The second-order valence-corrected chi connectivity index (χ2v) is 3.74. The van der Waals surface area contributed by atoms with Crippen LogP contribution in [0.4, 0.5) is 0 Å². The van der Waals surface area contributed by atoms with E-state index in [1.807, 2.05) is 17.1 Å². The van der Waals surface area contributed by atoms with E-state index in [1.165, 1.54) is 0 Å². The number of hydrazine groups is 1. The smallest absolute Gasteiger partial charge is 0.0700 e. The first kappa shape index (κ1) is 14.1. The Hall–Kier alpha value is -0.950. The van der Waals surface area contributed by atoms with Crippen LogP contribution in [-0.4, -0.2) is 36.7 Å². The van der Waals surface area contributed by atoms with E-state index >= 15 is 0 Å². The molecule has 0 aromatic carbocycles. The summed E-state index contributed by atoms with van der Waals surface area (Å²) < 4.78 is 12.2. The highest BCUT2D eigenvalue weighted by Crippen LogP contribution is 2.14. The first-order valence-corrected chi connectivity index (χ1v) is 5.87. The average Bonchev–Trinajstić information content (AvgIpc) is 2.82. The van der Waals surface area contributed by atoms with E-state index in [0.29, 0.717) is 19.8 Å². The first-order valence-electron chi connectivity index (χ1n) is 5.87. The number of hydrogen-bond donors (Lipinski definition) is 2. The topological polar surface area (TPSA) is 74.3 Å². The predicted octanol–water partition coefficient (Wildman–Crippen LogP) is 0.461. The highest BCUT2D eigenvalue weighted by Gasteiger charge is 2.11. The van der Waals surface area contributed by atoms with Gasteiger partial charge >= 0.3 is 0 Å². The number of hydrogen-bond acceptors (Lipinski definition) is 5. The maximum Gasteiger partial charge on any atom is 0.0700 e. The van der Waals surface area contributed by atoms with Crippen LogP contribution >= 0.6 is 0 Å². The van der Waals surface area contributed by atoms with Crippen molar-refractivity contribution in [1.29, 1.82) is 0 Å². The van der Waals surface area contributed by atoms with Gasteiger partial charge in [0.25, 0.3) is 0 Å². The van der Waals surface area contributed by atoms with Gasteiger partial charge in [0, 0.05) is 32.0 Å². The number of nitrogens with two attached hydrogens (primary N) is 1. The molecule has 6 heteroatoms. The Balaban J connectivity index is 2.32. The Morgan fingerprint density at radius 1 is 1.47 bits per heavy atom. The van der Waals surface area contributed by atoms with Crippen molar-refractivity contribution in [3.05, 3.63) is 18.0 Å². The van der Waals surface area contributed by atoms with Crippen LogP contribution in [0.1, 0.15) is 24.9 Å². The lowest BCUT2D eigenvalue weighted by molar-refractivity contribution is 0.0657. The molecular weight excluding hydrogens is 220 g/mol. The normalized spacial score (nSPS) is 12.9. The molecule has 0 spiro atoms. The lowest BCUT2D eigenvalue weighted by Crippen LogP contribution is -2.28. The highest BCUT2D eigenvalue weighted by atomic mass is 16.5. The van der Waals surface area contributed by atoms with Crippen LogP contribution in [0.5, 0.6) is 0 Å². The maximum atomic E-state index is 5.53. The van der Waals surface area contributed by atoms with Crippen LogP contribution in [0.2, 0.25) is 0 Å². The summed E-state index contributed by atoms with van der Waals surface area (Å²) in [7, 11) is 1.66. The molecule has 0 aliphatic carbocycles. The molecule has 1 atom stereocenters. The van der Waals surface area contributed by atoms with Crippen molar-refractivity contribution in [2.45, 2.75) is 25.9 Å². The monoisotopic (exact) mass is 242 g/mol. The lowest BCUT2D eigenvalue weighted by Gasteiger charge is -2.13.